The molecule has 0 bridgehead atoms. The number of benzene rings is 1. The Morgan fingerprint density at radius 1 is 1.19 bits per heavy atom. The summed E-state index contributed by atoms with van der Waals surface area (Å²) in [7, 11) is 1.39. The molecule has 1 heterocycles. The minimum atomic E-state index is -0.375. The predicted octanol–water partition coefficient (Wildman–Crippen LogP) is 1.96. The summed E-state index contributed by atoms with van der Waals surface area (Å²) in [5, 5.41) is 0. The van der Waals surface area contributed by atoms with E-state index in [1.165, 1.54) is 18.2 Å². The van der Waals surface area contributed by atoms with Crippen molar-refractivity contribution >= 4 is 11.9 Å². The number of methoxy groups -OCH3 is 1. The monoisotopic (exact) mass is 287 g/mol. The number of aryl methyl sites for hydroxylation is 1. The van der Waals surface area contributed by atoms with E-state index in [-0.39, 0.29) is 23.8 Å². The quantitative estimate of drug-likeness (QED) is 0.781. The van der Waals surface area contributed by atoms with E-state index in [4.69, 9.17) is 4.74 Å². The number of hydrogen-bond acceptors (Lipinski definition) is 3. The number of carbonyl (C=O) groups excluding carboxylic acids is 2. The Hall–Kier alpha value is -1.84. The summed E-state index contributed by atoms with van der Waals surface area (Å²) < 4.78 is 4.83. The van der Waals surface area contributed by atoms with Gasteiger partial charge in [-0.1, -0.05) is 24.3 Å². The van der Waals surface area contributed by atoms with Crippen LogP contribution in [0.2, 0.25) is 0 Å². The van der Waals surface area contributed by atoms with Gasteiger partial charge in [0.05, 0.1) is 7.11 Å². The molecule has 1 fully saturated rings. The predicted molar refractivity (Wildman–Crippen MR) is 78.7 cm³/mol. The van der Waals surface area contributed by atoms with Gasteiger partial charge in [-0.15, -0.1) is 0 Å². The van der Waals surface area contributed by atoms with Gasteiger partial charge in [0.2, 0.25) is 5.91 Å². The molecule has 1 aliphatic heterocycles. The molecule has 0 saturated carbocycles. The van der Waals surface area contributed by atoms with E-state index in [0.717, 1.165) is 32.1 Å². The molecular weight excluding hydrogens is 266 g/mol. The summed E-state index contributed by atoms with van der Waals surface area (Å²) in [5.41, 5.74) is 2.63. The molecule has 0 spiro atoms. The number of likely N-dealkylation sites (tertiary alicyclic amines) is 1. The zero-order valence-electron chi connectivity index (χ0n) is 12.4. The summed E-state index contributed by atoms with van der Waals surface area (Å²) in [6.45, 7) is 0.677. The molecule has 0 aromatic heterocycles. The van der Waals surface area contributed by atoms with Crippen LogP contribution in [0.15, 0.2) is 24.3 Å². The van der Waals surface area contributed by atoms with Crippen LogP contribution in [0, 0.1) is 5.92 Å². The molecule has 0 radical (unpaired) electrons. The maximum absolute atomic E-state index is 12.8. The van der Waals surface area contributed by atoms with Gasteiger partial charge in [-0.25, -0.2) is 4.79 Å². The van der Waals surface area contributed by atoms with Crippen LogP contribution < -0.4 is 0 Å². The highest BCUT2D eigenvalue weighted by Crippen LogP contribution is 2.29. The molecule has 1 aromatic rings. The third-order valence-corrected chi connectivity index (χ3v) is 4.71. The van der Waals surface area contributed by atoms with E-state index < -0.39 is 0 Å². The van der Waals surface area contributed by atoms with Gasteiger partial charge >= 0.3 is 5.97 Å². The SMILES string of the molecule is COC(=O)[C@@H]1CCCN1C(=O)C1CCc2ccccc2C1. The maximum Gasteiger partial charge on any atom is 0.328 e. The number of esters is 1. The standard InChI is InChI=1S/C17H21NO3/c1-21-17(20)15-7-4-10-18(15)16(19)14-9-8-12-5-2-3-6-13(12)11-14/h2-3,5-6,14-15H,4,7-11H2,1H3/t14?,15-/m0/s1. The molecule has 1 unspecified atom stereocenters. The fourth-order valence-corrected chi connectivity index (χ4v) is 3.55. The lowest BCUT2D eigenvalue weighted by Crippen LogP contribution is -2.45. The van der Waals surface area contributed by atoms with Crippen molar-refractivity contribution in [1.82, 2.24) is 4.90 Å². The normalized spacial score (nSPS) is 24.5. The molecular formula is C17H21NO3. The molecule has 2 atom stereocenters. The van der Waals surface area contributed by atoms with Crippen LogP contribution in [0.4, 0.5) is 0 Å². The molecule has 1 saturated heterocycles. The zero-order chi connectivity index (χ0) is 14.8. The summed E-state index contributed by atoms with van der Waals surface area (Å²) in [6, 6.07) is 7.95. The van der Waals surface area contributed by atoms with Gasteiger partial charge < -0.3 is 9.64 Å². The third kappa shape index (κ3) is 2.67. The average Bonchev–Trinajstić information content (AvgIpc) is 3.02. The molecule has 0 N–H and O–H groups in total. The minimum absolute atomic E-state index is 0.00477. The molecule has 3 rings (SSSR count). The van der Waals surface area contributed by atoms with Crippen LogP contribution in [-0.2, 0) is 27.2 Å². The van der Waals surface area contributed by atoms with E-state index in [1.807, 2.05) is 6.07 Å². The van der Waals surface area contributed by atoms with Gasteiger partial charge in [0.1, 0.15) is 6.04 Å². The third-order valence-electron chi connectivity index (χ3n) is 4.71. The van der Waals surface area contributed by atoms with Gasteiger partial charge in [0.25, 0.3) is 0 Å². The Bertz CT molecular complexity index is 555. The van der Waals surface area contributed by atoms with E-state index in [0.29, 0.717) is 6.54 Å². The second-order valence-electron chi connectivity index (χ2n) is 5.92. The molecule has 4 nitrogen and oxygen atoms in total. The van der Waals surface area contributed by atoms with Gasteiger partial charge in [-0.2, -0.15) is 0 Å². The van der Waals surface area contributed by atoms with Crippen molar-refractivity contribution in [2.24, 2.45) is 5.92 Å². The first-order valence-electron chi connectivity index (χ1n) is 7.66. The Kier molecular flexibility index (Phi) is 3.95. The van der Waals surface area contributed by atoms with Crippen LogP contribution >= 0.6 is 0 Å². The first kappa shape index (κ1) is 14.1. The lowest BCUT2D eigenvalue weighted by Gasteiger charge is -2.30. The average molecular weight is 287 g/mol. The highest BCUT2D eigenvalue weighted by molar-refractivity contribution is 5.86. The lowest BCUT2D eigenvalue weighted by atomic mass is 9.83. The second kappa shape index (κ2) is 5.88. The Labute approximate surface area is 125 Å². The molecule has 1 aromatic carbocycles. The second-order valence-corrected chi connectivity index (χ2v) is 5.92. The highest BCUT2D eigenvalue weighted by atomic mass is 16.5. The van der Waals surface area contributed by atoms with E-state index in [2.05, 4.69) is 18.2 Å². The molecule has 4 heteroatoms. The minimum Gasteiger partial charge on any atom is -0.467 e. The Balaban J connectivity index is 1.73. The number of amides is 1. The summed E-state index contributed by atoms with van der Waals surface area (Å²) in [5.74, 6) is -0.153. The van der Waals surface area contributed by atoms with E-state index in [1.54, 1.807) is 4.90 Å². The fraction of sp³-hybridized carbons (Fsp3) is 0.529. The fourth-order valence-electron chi connectivity index (χ4n) is 3.55. The van der Waals surface area contributed by atoms with Crippen molar-refractivity contribution in [3.63, 3.8) is 0 Å². The number of fused-ring (bicyclic) bond motifs is 1. The van der Waals surface area contributed by atoms with Crippen molar-refractivity contribution in [2.45, 2.75) is 38.1 Å². The summed E-state index contributed by atoms with van der Waals surface area (Å²) in [6.07, 6.45) is 4.22. The summed E-state index contributed by atoms with van der Waals surface area (Å²) in [4.78, 5) is 26.3. The maximum atomic E-state index is 12.8. The zero-order valence-corrected chi connectivity index (χ0v) is 12.4. The van der Waals surface area contributed by atoms with Gasteiger partial charge in [-0.05, 0) is 43.2 Å². The van der Waals surface area contributed by atoms with Gasteiger partial charge in [0.15, 0.2) is 0 Å². The van der Waals surface area contributed by atoms with E-state index >= 15 is 0 Å². The van der Waals surface area contributed by atoms with Crippen molar-refractivity contribution in [3.8, 4) is 0 Å². The number of carbonyl (C=O) groups is 2. The molecule has 2 aliphatic rings. The number of rotatable bonds is 2. The van der Waals surface area contributed by atoms with Crippen molar-refractivity contribution in [3.05, 3.63) is 35.4 Å². The molecule has 21 heavy (non-hydrogen) atoms. The highest BCUT2D eigenvalue weighted by Gasteiger charge is 2.38. The number of nitrogens with zero attached hydrogens (tertiary/aromatic N) is 1. The first-order valence-corrected chi connectivity index (χ1v) is 7.66. The van der Waals surface area contributed by atoms with Crippen molar-refractivity contribution in [1.29, 1.82) is 0 Å². The first-order chi connectivity index (χ1) is 10.2. The van der Waals surface area contributed by atoms with Crippen LogP contribution in [0.25, 0.3) is 0 Å². The Morgan fingerprint density at radius 2 is 1.95 bits per heavy atom. The number of ether oxygens (including phenoxy) is 1. The van der Waals surface area contributed by atoms with Crippen LogP contribution in [0.1, 0.15) is 30.4 Å². The molecule has 112 valence electrons. The Morgan fingerprint density at radius 3 is 2.71 bits per heavy atom. The smallest absolute Gasteiger partial charge is 0.328 e. The van der Waals surface area contributed by atoms with Gasteiger partial charge in [-0.3, -0.25) is 4.79 Å². The van der Waals surface area contributed by atoms with Gasteiger partial charge in [0, 0.05) is 12.5 Å². The van der Waals surface area contributed by atoms with Crippen LogP contribution in [0.5, 0.6) is 0 Å². The van der Waals surface area contributed by atoms with E-state index in [9.17, 15) is 9.59 Å². The van der Waals surface area contributed by atoms with Crippen LogP contribution in [-0.4, -0.2) is 36.5 Å². The molecule has 1 amide bonds. The number of hydrogen-bond donors (Lipinski definition) is 0. The summed E-state index contributed by atoms with van der Waals surface area (Å²) >= 11 is 0. The van der Waals surface area contributed by atoms with Crippen LogP contribution in [0.3, 0.4) is 0 Å². The topological polar surface area (TPSA) is 46.6 Å². The largest absolute Gasteiger partial charge is 0.467 e. The molecule has 1 aliphatic carbocycles. The van der Waals surface area contributed by atoms with Crippen molar-refractivity contribution < 1.29 is 14.3 Å². The lowest BCUT2D eigenvalue weighted by molar-refractivity contribution is -0.152. The van der Waals surface area contributed by atoms with Crippen molar-refractivity contribution in [2.75, 3.05) is 13.7 Å².